The molecule has 3 atom stereocenters. The van der Waals surface area contributed by atoms with Crippen molar-refractivity contribution in [2.24, 2.45) is 5.73 Å². The van der Waals surface area contributed by atoms with Gasteiger partial charge in [-0.05, 0) is 12.8 Å². The lowest BCUT2D eigenvalue weighted by atomic mass is 10.3. The van der Waals surface area contributed by atoms with Crippen LogP contribution in [0.2, 0.25) is 0 Å². The topological polar surface area (TPSA) is 38.5 Å². The first kappa shape index (κ1) is 3.87. The van der Waals surface area contributed by atoms with Gasteiger partial charge >= 0.3 is 0 Å². The molecule has 0 amide bonds. The van der Waals surface area contributed by atoms with Gasteiger partial charge in [-0.2, -0.15) is 0 Å². The van der Waals surface area contributed by atoms with Gasteiger partial charge in [0.2, 0.25) is 0 Å². The molecule has 2 fully saturated rings. The number of hydrogen-bond donors (Lipinski definition) is 1. The second-order valence-electron chi connectivity index (χ2n) is 2.38. The molecule has 1 saturated heterocycles. The van der Waals surface area contributed by atoms with Gasteiger partial charge in [-0.25, -0.2) is 0 Å². The summed E-state index contributed by atoms with van der Waals surface area (Å²) in [4.78, 5) is 0. The van der Waals surface area contributed by atoms with E-state index in [-0.39, 0.29) is 0 Å². The highest BCUT2D eigenvalue weighted by Crippen LogP contribution is 2.37. The average molecular weight is 99.1 g/mol. The van der Waals surface area contributed by atoms with Crippen LogP contribution in [0.4, 0.5) is 0 Å². The fourth-order valence-electron chi connectivity index (χ4n) is 1.29. The average Bonchev–Trinajstić information content (AvgIpc) is 2.33. The normalized spacial score (nSPS) is 57.0. The molecular formula is C5H9NO. The van der Waals surface area contributed by atoms with Gasteiger partial charge in [-0.3, -0.25) is 0 Å². The van der Waals surface area contributed by atoms with E-state index < -0.39 is 0 Å². The lowest BCUT2D eigenvalue weighted by Gasteiger charge is -1.97. The summed E-state index contributed by atoms with van der Waals surface area (Å²) in [6.07, 6.45) is 3.40. The Morgan fingerprint density at radius 1 is 1.43 bits per heavy atom. The Kier molecular flexibility index (Phi) is 0.557. The monoisotopic (exact) mass is 99.1 g/mol. The van der Waals surface area contributed by atoms with Crippen LogP contribution in [-0.4, -0.2) is 18.2 Å². The molecule has 1 saturated carbocycles. The highest BCUT2D eigenvalue weighted by molar-refractivity contribution is 4.99. The standard InChI is InChI=1S/C5H9NO/c6-3-1-2-4-5(3)7-4/h3-5H,1-2,6H2. The van der Waals surface area contributed by atoms with Crippen molar-refractivity contribution >= 4 is 0 Å². The van der Waals surface area contributed by atoms with E-state index in [1.807, 2.05) is 0 Å². The van der Waals surface area contributed by atoms with Crippen LogP contribution in [0.15, 0.2) is 0 Å². The van der Waals surface area contributed by atoms with E-state index >= 15 is 0 Å². The largest absolute Gasteiger partial charge is 0.368 e. The second-order valence-corrected chi connectivity index (χ2v) is 2.38. The zero-order valence-corrected chi connectivity index (χ0v) is 4.13. The van der Waals surface area contributed by atoms with Gasteiger partial charge in [0, 0.05) is 6.04 Å². The van der Waals surface area contributed by atoms with Crippen LogP contribution in [0.3, 0.4) is 0 Å². The van der Waals surface area contributed by atoms with Crippen molar-refractivity contribution in [2.45, 2.75) is 31.1 Å². The Labute approximate surface area is 42.6 Å². The van der Waals surface area contributed by atoms with E-state index in [0.29, 0.717) is 18.2 Å². The Balaban J connectivity index is 2.08. The predicted octanol–water partition coefficient (Wildman–Crippen LogP) is -0.125. The highest BCUT2D eigenvalue weighted by atomic mass is 16.6. The van der Waals surface area contributed by atoms with Crippen molar-refractivity contribution in [2.75, 3.05) is 0 Å². The molecule has 0 spiro atoms. The lowest BCUT2D eigenvalue weighted by molar-refractivity contribution is 0.302. The van der Waals surface area contributed by atoms with Crippen LogP contribution in [0, 0.1) is 0 Å². The Morgan fingerprint density at radius 2 is 2.29 bits per heavy atom. The van der Waals surface area contributed by atoms with Gasteiger partial charge in [-0.15, -0.1) is 0 Å². The van der Waals surface area contributed by atoms with Crippen molar-refractivity contribution in [3.8, 4) is 0 Å². The zero-order chi connectivity index (χ0) is 4.85. The molecule has 0 aromatic heterocycles. The van der Waals surface area contributed by atoms with E-state index in [9.17, 15) is 0 Å². The van der Waals surface area contributed by atoms with Gasteiger partial charge < -0.3 is 10.5 Å². The SMILES string of the molecule is NC1CCC2OC12. The summed E-state index contributed by atoms with van der Waals surface area (Å²) in [5, 5.41) is 0. The molecule has 2 heteroatoms. The summed E-state index contributed by atoms with van der Waals surface area (Å²) >= 11 is 0. The van der Waals surface area contributed by atoms with Crippen LogP contribution in [0.5, 0.6) is 0 Å². The molecule has 2 N–H and O–H groups in total. The Hall–Kier alpha value is -0.0800. The molecule has 2 aliphatic rings. The second kappa shape index (κ2) is 1.01. The summed E-state index contributed by atoms with van der Waals surface area (Å²) in [7, 11) is 0. The quantitative estimate of drug-likeness (QED) is 0.430. The third kappa shape index (κ3) is 0.409. The van der Waals surface area contributed by atoms with E-state index in [1.165, 1.54) is 12.8 Å². The van der Waals surface area contributed by atoms with Gasteiger partial charge in [0.05, 0.1) is 12.2 Å². The van der Waals surface area contributed by atoms with Crippen LogP contribution < -0.4 is 5.73 Å². The van der Waals surface area contributed by atoms with Crippen molar-refractivity contribution in [3.05, 3.63) is 0 Å². The van der Waals surface area contributed by atoms with Crippen LogP contribution >= 0.6 is 0 Å². The highest BCUT2D eigenvalue weighted by Gasteiger charge is 2.48. The number of epoxide rings is 1. The van der Waals surface area contributed by atoms with Crippen molar-refractivity contribution in [3.63, 3.8) is 0 Å². The molecule has 2 nitrogen and oxygen atoms in total. The molecule has 1 heterocycles. The number of ether oxygens (including phenoxy) is 1. The number of hydrogen-bond acceptors (Lipinski definition) is 2. The fraction of sp³-hybridized carbons (Fsp3) is 1.00. The molecule has 2 rings (SSSR count). The summed E-state index contributed by atoms with van der Waals surface area (Å²) in [6, 6.07) is 0.366. The van der Waals surface area contributed by atoms with Crippen LogP contribution in [0.25, 0.3) is 0 Å². The Bertz CT molecular complexity index is 94.1. The molecule has 3 unspecified atom stereocenters. The Morgan fingerprint density at radius 3 is 2.43 bits per heavy atom. The minimum atomic E-state index is 0.366. The van der Waals surface area contributed by atoms with Crippen LogP contribution in [0.1, 0.15) is 12.8 Å². The van der Waals surface area contributed by atoms with Crippen LogP contribution in [-0.2, 0) is 4.74 Å². The number of rotatable bonds is 0. The summed E-state index contributed by atoms with van der Waals surface area (Å²) in [5.41, 5.74) is 5.59. The van der Waals surface area contributed by atoms with Crippen molar-refractivity contribution < 1.29 is 4.74 Å². The van der Waals surface area contributed by atoms with E-state index in [2.05, 4.69) is 0 Å². The summed E-state index contributed by atoms with van der Waals surface area (Å²) < 4.78 is 5.14. The molecule has 0 bridgehead atoms. The molecular weight excluding hydrogens is 90.1 g/mol. The zero-order valence-electron chi connectivity index (χ0n) is 4.13. The molecule has 0 radical (unpaired) electrons. The van der Waals surface area contributed by atoms with Gasteiger partial charge in [0.25, 0.3) is 0 Å². The maximum absolute atomic E-state index is 5.59. The minimum absolute atomic E-state index is 0.366. The maximum Gasteiger partial charge on any atom is 0.0992 e. The summed E-state index contributed by atoms with van der Waals surface area (Å²) in [5.74, 6) is 0. The first-order valence-electron chi connectivity index (χ1n) is 2.79. The number of nitrogens with two attached hydrogens (primary N) is 1. The van der Waals surface area contributed by atoms with Crippen molar-refractivity contribution in [1.29, 1.82) is 0 Å². The van der Waals surface area contributed by atoms with Crippen molar-refractivity contribution in [1.82, 2.24) is 0 Å². The molecule has 0 aromatic carbocycles. The van der Waals surface area contributed by atoms with E-state index in [0.717, 1.165) is 0 Å². The lowest BCUT2D eigenvalue weighted by Crippen LogP contribution is -2.22. The molecule has 1 aliphatic carbocycles. The molecule has 0 aromatic rings. The van der Waals surface area contributed by atoms with Gasteiger partial charge in [0.1, 0.15) is 0 Å². The van der Waals surface area contributed by atoms with Gasteiger partial charge in [0.15, 0.2) is 0 Å². The van der Waals surface area contributed by atoms with E-state index in [1.54, 1.807) is 0 Å². The maximum atomic E-state index is 5.59. The molecule has 7 heavy (non-hydrogen) atoms. The smallest absolute Gasteiger partial charge is 0.0992 e. The number of fused-ring (bicyclic) bond motifs is 1. The first-order chi connectivity index (χ1) is 3.38. The predicted molar refractivity (Wildman–Crippen MR) is 25.9 cm³/mol. The fourth-order valence-corrected chi connectivity index (χ4v) is 1.29. The minimum Gasteiger partial charge on any atom is -0.368 e. The third-order valence-corrected chi connectivity index (χ3v) is 1.83. The molecule has 1 aliphatic heterocycles. The summed E-state index contributed by atoms with van der Waals surface area (Å²) in [6.45, 7) is 0. The third-order valence-electron chi connectivity index (χ3n) is 1.83. The van der Waals surface area contributed by atoms with E-state index in [4.69, 9.17) is 10.5 Å². The molecule has 40 valence electrons. The van der Waals surface area contributed by atoms with Gasteiger partial charge in [-0.1, -0.05) is 0 Å². The first-order valence-corrected chi connectivity index (χ1v) is 2.79.